The highest BCUT2D eigenvalue weighted by atomic mass is 32.2. The first kappa shape index (κ1) is 18.1. The second-order valence-corrected chi connectivity index (χ2v) is 9.67. The van der Waals surface area contributed by atoms with Crippen LogP contribution >= 0.6 is 0 Å². The highest BCUT2D eigenvalue weighted by Crippen LogP contribution is 2.47. The number of hydrogen-bond acceptors (Lipinski definition) is 4. The van der Waals surface area contributed by atoms with Crippen LogP contribution in [-0.2, 0) is 11.4 Å². The zero-order valence-corrected chi connectivity index (χ0v) is 15.7. The molecule has 2 aliphatic rings. The Kier molecular flexibility index (Phi) is 4.72. The van der Waals surface area contributed by atoms with E-state index in [0.717, 1.165) is 11.3 Å². The van der Waals surface area contributed by atoms with E-state index < -0.39 is 22.2 Å². The Morgan fingerprint density at radius 2 is 2.04 bits per heavy atom. The molecule has 0 bridgehead atoms. The number of nitrogens with one attached hydrogen (secondary N) is 1. The molecule has 2 aliphatic heterocycles. The third kappa shape index (κ3) is 3.48. The second-order valence-electron chi connectivity index (χ2n) is 7.73. The van der Waals surface area contributed by atoms with E-state index in [2.05, 4.69) is 15.8 Å². The van der Waals surface area contributed by atoms with Crippen molar-refractivity contribution in [2.24, 2.45) is 4.40 Å². The minimum atomic E-state index is -1.31. The Balaban J connectivity index is 1.88. The fraction of sp³-hybridized carbons (Fsp3) is 0.556. The average molecular weight is 363 g/mol. The number of fused-ring (bicyclic) bond motifs is 1. The van der Waals surface area contributed by atoms with Crippen molar-refractivity contribution in [2.75, 3.05) is 18.4 Å². The summed E-state index contributed by atoms with van der Waals surface area (Å²) in [7, 11) is 0. The maximum absolute atomic E-state index is 12.4. The van der Waals surface area contributed by atoms with Gasteiger partial charge in [-0.25, -0.2) is 4.79 Å². The van der Waals surface area contributed by atoms with Crippen LogP contribution in [0.15, 0.2) is 28.7 Å². The number of rotatable bonds is 2. The monoisotopic (exact) mass is 363 g/mol. The van der Waals surface area contributed by atoms with E-state index in [1.807, 2.05) is 45.2 Å². The summed E-state index contributed by atoms with van der Waals surface area (Å²) in [5.41, 5.74) is 1.94. The minimum absolute atomic E-state index is 0.00838. The van der Waals surface area contributed by atoms with Gasteiger partial charge in [0.2, 0.25) is 0 Å². The molecule has 136 valence electrons. The summed E-state index contributed by atoms with van der Waals surface area (Å²) < 4.78 is 16.3. The average Bonchev–Trinajstić information content (AvgIpc) is 2.85. The van der Waals surface area contributed by atoms with Gasteiger partial charge in [0.25, 0.3) is 0 Å². The van der Waals surface area contributed by atoms with Crippen LogP contribution in [0, 0.1) is 0 Å². The number of carboxylic acid groups (broad SMARTS) is 1. The van der Waals surface area contributed by atoms with Gasteiger partial charge in [0.05, 0.1) is 11.8 Å². The minimum Gasteiger partial charge on any atom is -0.591 e. The van der Waals surface area contributed by atoms with E-state index in [0.29, 0.717) is 25.9 Å². The lowest BCUT2D eigenvalue weighted by molar-refractivity contribution is 0.121. The number of nitrogens with zero attached hydrogens (tertiary/aromatic N) is 2. The summed E-state index contributed by atoms with van der Waals surface area (Å²) in [6.07, 6.45) is 2.35. The van der Waals surface area contributed by atoms with E-state index in [1.54, 1.807) is 0 Å². The molecule has 1 saturated heterocycles. The molecule has 0 aliphatic carbocycles. The van der Waals surface area contributed by atoms with Crippen molar-refractivity contribution in [1.29, 1.82) is 0 Å². The zero-order valence-electron chi connectivity index (χ0n) is 14.9. The SMILES string of the molecule is CC(C)(C)[S+]([O-])N=C[C@@H]1c2ccccc2NC12CCN(C(=O)O)CC2. The predicted octanol–water partition coefficient (Wildman–Crippen LogP) is 3.24. The van der Waals surface area contributed by atoms with Crippen LogP contribution in [0.4, 0.5) is 10.5 Å². The number of likely N-dealkylation sites (tertiary alicyclic amines) is 1. The van der Waals surface area contributed by atoms with Crippen LogP contribution in [0.3, 0.4) is 0 Å². The Morgan fingerprint density at radius 3 is 2.64 bits per heavy atom. The Labute approximate surface area is 151 Å². The van der Waals surface area contributed by atoms with E-state index in [1.165, 1.54) is 4.90 Å². The largest absolute Gasteiger partial charge is 0.591 e. The number of hydrogen-bond donors (Lipinski definition) is 2. The lowest BCUT2D eigenvalue weighted by Crippen LogP contribution is -2.51. The molecular weight excluding hydrogens is 338 g/mol. The van der Waals surface area contributed by atoms with Crippen molar-refractivity contribution in [2.45, 2.75) is 49.8 Å². The van der Waals surface area contributed by atoms with E-state index in [9.17, 15) is 14.5 Å². The van der Waals surface area contributed by atoms with Gasteiger partial charge in [0.15, 0.2) is 0 Å². The predicted molar refractivity (Wildman–Crippen MR) is 101 cm³/mol. The standard InChI is InChI=1S/C18H25N3O3S/c1-17(2,3)25(24)19-12-14-13-6-4-5-7-15(13)20-18(14)8-10-21(11-9-18)16(22)23/h4-7,12,14,20H,8-11H2,1-3H3,(H,22,23)/t14-,25?/m1/s1. The van der Waals surface area contributed by atoms with Gasteiger partial charge in [-0.2, -0.15) is 0 Å². The zero-order chi connectivity index (χ0) is 18.2. The first-order chi connectivity index (χ1) is 11.7. The molecule has 1 fully saturated rings. The lowest BCUT2D eigenvalue weighted by Gasteiger charge is -2.41. The molecule has 1 spiro atoms. The summed E-state index contributed by atoms with van der Waals surface area (Å²) in [6.45, 7) is 6.69. The summed E-state index contributed by atoms with van der Waals surface area (Å²) in [5, 5.41) is 12.8. The van der Waals surface area contributed by atoms with Crippen molar-refractivity contribution in [1.82, 2.24) is 4.90 Å². The van der Waals surface area contributed by atoms with Crippen LogP contribution in [0.1, 0.15) is 45.1 Å². The molecule has 0 saturated carbocycles. The van der Waals surface area contributed by atoms with E-state index in [4.69, 9.17) is 0 Å². The first-order valence-corrected chi connectivity index (χ1v) is 9.65. The molecule has 25 heavy (non-hydrogen) atoms. The van der Waals surface area contributed by atoms with Crippen LogP contribution in [0.25, 0.3) is 0 Å². The second kappa shape index (κ2) is 6.53. The third-order valence-electron chi connectivity index (χ3n) is 5.03. The van der Waals surface area contributed by atoms with Gasteiger partial charge in [-0.1, -0.05) is 22.6 Å². The van der Waals surface area contributed by atoms with Crippen LogP contribution < -0.4 is 5.32 Å². The molecule has 1 aromatic carbocycles. The third-order valence-corrected chi connectivity index (χ3v) is 6.39. The van der Waals surface area contributed by atoms with Crippen molar-refractivity contribution in [3.05, 3.63) is 29.8 Å². The van der Waals surface area contributed by atoms with Crippen molar-refractivity contribution >= 4 is 29.4 Å². The van der Waals surface area contributed by atoms with Gasteiger partial charge in [-0.3, -0.25) is 0 Å². The molecule has 0 radical (unpaired) electrons. The number of piperidine rings is 1. The summed E-state index contributed by atoms with van der Waals surface area (Å²) in [4.78, 5) is 12.7. The maximum Gasteiger partial charge on any atom is 0.407 e. The molecule has 3 rings (SSSR count). The van der Waals surface area contributed by atoms with E-state index in [-0.39, 0.29) is 11.5 Å². The van der Waals surface area contributed by atoms with Gasteiger partial charge in [-0.15, -0.1) is 0 Å². The van der Waals surface area contributed by atoms with Crippen molar-refractivity contribution in [3.8, 4) is 0 Å². The highest BCUT2D eigenvalue weighted by molar-refractivity contribution is 7.91. The number of amides is 1. The fourth-order valence-corrected chi connectivity index (χ4v) is 4.10. The number of para-hydroxylation sites is 1. The number of carbonyl (C=O) groups is 1. The summed E-state index contributed by atoms with van der Waals surface area (Å²) in [5.74, 6) is -0.00838. The molecule has 0 aromatic heterocycles. The van der Waals surface area contributed by atoms with Gasteiger partial charge >= 0.3 is 6.09 Å². The van der Waals surface area contributed by atoms with Gasteiger partial charge in [0, 0.05) is 24.7 Å². The Morgan fingerprint density at radius 1 is 1.40 bits per heavy atom. The maximum atomic E-state index is 12.4. The van der Waals surface area contributed by atoms with Crippen LogP contribution in [0.5, 0.6) is 0 Å². The number of benzene rings is 1. The van der Waals surface area contributed by atoms with Gasteiger partial charge in [-0.05, 0) is 45.2 Å². The molecular formula is C18H25N3O3S. The lowest BCUT2D eigenvalue weighted by atomic mass is 9.76. The molecule has 2 N–H and O–H groups in total. The smallest absolute Gasteiger partial charge is 0.407 e. The quantitative estimate of drug-likeness (QED) is 0.624. The number of anilines is 1. The molecule has 1 unspecified atom stereocenters. The summed E-state index contributed by atoms with van der Waals surface area (Å²) >= 11 is -1.31. The van der Waals surface area contributed by atoms with Crippen molar-refractivity contribution < 1.29 is 14.5 Å². The molecule has 1 aromatic rings. The highest BCUT2D eigenvalue weighted by Gasteiger charge is 2.47. The van der Waals surface area contributed by atoms with Gasteiger partial charge in [0.1, 0.15) is 16.1 Å². The summed E-state index contributed by atoms with van der Waals surface area (Å²) in [6, 6.07) is 8.08. The molecule has 2 atom stereocenters. The van der Waals surface area contributed by atoms with Gasteiger partial charge < -0.3 is 19.9 Å². The fourth-order valence-electron chi connectivity index (χ4n) is 3.56. The molecule has 7 heteroatoms. The van der Waals surface area contributed by atoms with E-state index >= 15 is 0 Å². The van der Waals surface area contributed by atoms with Crippen LogP contribution in [0.2, 0.25) is 0 Å². The Hall–Kier alpha value is -1.73. The topological polar surface area (TPSA) is 88.0 Å². The Bertz CT molecular complexity index is 678. The molecule has 6 nitrogen and oxygen atoms in total. The van der Waals surface area contributed by atoms with Crippen LogP contribution in [-0.4, -0.2) is 50.2 Å². The molecule has 1 amide bonds. The first-order valence-electron chi connectivity index (χ1n) is 8.54. The normalized spacial score (nSPS) is 23.5. The molecule has 2 heterocycles. The van der Waals surface area contributed by atoms with Crippen molar-refractivity contribution in [3.63, 3.8) is 0 Å².